The smallest absolute Gasteiger partial charge is 0.260 e. The molecule has 38 heavy (non-hydrogen) atoms. The lowest BCUT2D eigenvalue weighted by molar-refractivity contribution is 0.0983. The van der Waals surface area contributed by atoms with Gasteiger partial charge in [0.15, 0.2) is 5.13 Å². The summed E-state index contributed by atoms with van der Waals surface area (Å²) >= 11 is 1.45. The predicted octanol–water partition coefficient (Wildman–Crippen LogP) is 6.70. The molecule has 200 valence electrons. The number of hydrogen-bond acceptors (Lipinski definition) is 6. The molecule has 0 unspecified atom stereocenters. The van der Waals surface area contributed by atoms with Gasteiger partial charge in [-0.3, -0.25) is 9.69 Å². The van der Waals surface area contributed by atoms with Crippen LogP contribution in [-0.4, -0.2) is 36.2 Å². The molecule has 2 aromatic heterocycles. The number of hydrogen-bond donors (Lipinski definition) is 0. The van der Waals surface area contributed by atoms with Gasteiger partial charge in [-0.25, -0.2) is 13.4 Å². The summed E-state index contributed by atoms with van der Waals surface area (Å²) in [5.41, 5.74) is 3.50. The second-order valence-electron chi connectivity index (χ2n) is 9.85. The molecule has 1 fully saturated rings. The molecule has 2 aromatic carbocycles. The van der Waals surface area contributed by atoms with E-state index in [0.29, 0.717) is 23.0 Å². The average molecular weight is 552 g/mol. The van der Waals surface area contributed by atoms with Gasteiger partial charge in [0, 0.05) is 18.2 Å². The van der Waals surface area contributed by atoms with Crippen LogP contribution in [0.2, 0.25) is 0 Å². The van der Waals surface area contributed by atoms with Gasteiger partial charge in [0.25, 0.3) is 5.91 Å². The van der Waals surface area contributed by atoms with E-state index in [9.17, 15) is 13.2 Å². The number of furan rings is 1. The van der Waals surface area contributed by atoms with E-state index < -0.39 is 10.0 Å². The highest BCUT2D eigenvalue weighted by Gasteiger charge is 2.31. The van der Waals surface area contributed by atoms with Crippen LogP contribution in [0.5, 0.6) is 0 Å². The highest BCUT2D eigenvalue weighted by atomic mass is 32.2. The molecular formula is C29H33N3O4S2. The molecule has 1 saturated carbocycles. The van der Waals surface area contributed by atoms with E-state index in [-0.39, 0.29) is 23.4 Å². The van der Waals surface area contributed by atoms with E-state index in [1.165, 1.54) is 11.3 Å². The number of fused-ring (bicyclic) bond motifs is 1. The quantitative estimate of drug-likeness (QED) is 0.243. The van der Waals surface area contributed by atoms with Crippen molar-refractivity contribution in [2.24, 2.45) is 0 Å². The van der Waals surface area contributed by atoms with Crippen molar-refractivity contribution >= 4 is 42.6 Å². The van der Waals surface area contributed by atoms with Crippen molar-refractivity contribution in [3.63, 3.8) is 0 Å². The fourth-order valence-electron chi connectivity index (χ4n) is 5.17. The van der Waals surface area contributed by atoms with Crippen molar-refractivity contribution < 1.29 is 17.6 Å². The molecule has 1 aliphatic carbocycles. The fourth-order valence-corrected chi connectivity index (χ4v) is 7.89. The van der Waals surface area contributed by atoms with Gasteiger partial charge in [0.1, 0.15) is 5.76 Å². The Bertz CT molecular complexity index is 1520. The first-order chi connectivity index (χ1) is 18.3. The van der Waals surface area contributed by atoms with Crippen LogP contribution in [0.15, 0.2) is 64.1 Å². The minimum Gasteiger partial charge on any atom is -0.467 e. The SMILES string of the molecule is CCN(C1CCCCC1)S(=O)(=O)c1ccc(C(=O)N(Cc2ccco2)c2nc3c(C)c(C)ccc3s2)cc1. The van der Waals surface area contributed by atoms with Crippen LogP contribution in [-0.2, 0) is 16.6 Å². The number of rotatable bonds is 8. The highest BCUT2D eigenvalue weighted by molar-refractivity contribution is 7.89. The van der Waals surface area contributed by atoms with Gasteiger partial charge >= 0.3 is 0 Å². The zero-order chi connectivity index (χ0) is 26.9. The lowest BCUT2D eigenvalue weighted by Gasteiger charge is -2.32. The van der Waals surface area contributed by atoms with Gasteiger partial charge in [-0.05, 0) is 80.3 Å². The summed E-state index contributed by atoms with van der Waals surface area (Å²) in [6.45, 7) is 6.61. The maximum atomic E-state index is 13.8. The van der Waals surface area contributed by atoms with Crippen molar-refractivity contribution in [3.05, 3.63) is 77.2 Å². The molecule has 9 heteroatoms. The summed E-state index contributed by atoms with van der Waals surface area (Å²) in [5, 5.41) is 0.571. The predicted molar refractivity (Wildman–Crippen MR) is 151 cm³/mol. The molecule has 0 saturated heterocycles. The van der Waals surface area contributed by atoms with E-state index >= 15 is 0 Å². The molecule has 5 rings (SSSR count). The van der Waals surface area contributed by atoms with Gasteiger partial charge in [-0.15, -0.1) is 0 Å². The Morgan fingerprint density at radius 3 is 2.45 bits per heavy atom. The molecule has 0 aliphatic heterocycles. The number of aromatic nitrogens is 1. The van der Waals surface area contributed by atoms with E-state index in [2.05, 4.69) is 6.07 Å². The Hall–Kier alpha value is -3.01. The van der Waals surface area contributed by atoms with E-state index in [1.54, 1.807) is 45.8 Å². The zero-order valence-electron chi connectivity index (χ0n) is 22.0. The minimum atomic E-state index is -3.65. The minimum absolute atomic E-state index is 0.0370. The van der Waals surface area contributed by atoms with Crippen LogP contribution in [0.1, 0.15) is 66.3 Å². The fraction of sp³-hybridized carbons (Fsp3) is 0.379. The van der Waals surface area contributed by atoms with Crippen molar-refractivity contribution in [1.29, 1.82) is 0 Å². The van der Waals surface area contributed by atoms with Crippen LogP contribution < -0.4 is 4.90 Å². The Morgan fingerprint density at radius 1 is 1.05 bits per heavy atom. The maximum Gasteiger partial charge on any atom is 0.260 e. The molecule has 2 heterocycles. The zero-order valence-corrected chi connectivity index (χ0v) is 23.6. The number of sulfonamides is 1. The molecule has 4 aromatic rings. The number of aryl methyl sites for hydroxylation is 2. The van der Waals surface area contributed by atoms with Gasteiger partial charge in [0.05, 0.1) is 27.9 Å². The molecule has 0 radical (unpaired) electrons. The Kier molecular flexibility index (Phi) is 7.70. The molecule has 0 N–H and O–H groups in total. The molecular weight excluding hydrogens is 518 g/mol. The largest absolute Gasteiger partial charge is 0.467 e. The summed E-state index contributed by atoms with van der Waals surface area (Å²) in [4.78, 5) is 20.4. The van der Waals surface area contributed by atoms with Crippen LogP contribution in [0, 0.1) is 13.8 Å². The Balaban J connectivity index is 1.46. The van der Waals surface area contributed by atoms with E-state index in [1.807, 2.05) is 32.9 Å². The molecule has 0 atom stereocenters. The summed E-state index contributed by atoms with van der Waals surface area (Å²) in [7, 11) is -3.65. The first-order valence-electron chi connectivity index (χ1n) is 13.1. The van der Waals surface area contributed by atoms with Gasteiger partial charge in [0.2, 0.25) is 10.0 Å². The molecule has 0 bridgehead atoms. The number of anilines is 1. The number of amides is 1. The third-order valence-corrected chi connectivity index (χ3v) is 10.5. The van der Waals surface area contributed by atoms with E-state index in [4.69, 9.17) is 9.40 Å². The van der Waals surface area contributed by atoms with Crippen LogP contribution >= 0.6 is 11.3 Å². The van der Waals surface area contributed by atoms with Crippen molar-refractivity contribution in [1.82, 2.24) is 9.29 Å². The van der Waals surface area contributed by atoms with Gasteiger partial charge < -0.3 is 4.42 Å². The second-order valence-corrected chi connectivity index (χ2v) is 12.7. The second kappa shape index (κ2) is 11.0. The number of nitrogens with zero attached hydrogens (tertiary/aromatic N) is 3. The lowest BCUT2D eigenvalue weighted by Crippen LogP contribution is -2.41. The standard InChI is InChI=1S/C29H33N3O4S2/c1-4-32(23-9-6-5-7-10-23)38(34,35)25-15-13-22(14-16-25)28(33)31(19-24-11-8-18-36-24)29-30-27-21(3)20(2)12-17-26(27)37-29/h8,11-18,23H,4-7,9-10,19H2,1-3H3. The molecule has 0 spiro atoms. The monoisotopic (exact) mass is 551 g/mol. The Morgan fingerprint density at radius 2 is 1.79 bits per heavy atom. The third-order valence-electron chi connectivity index (χ3n) is 7.45. The topological polar surface area (TPSA) is 83.7 Å². The van der Waals surface area contributed by atoms with Gasteiger partial charge in [-0.1, -0.05) is 43.6 Å². The summed E-state index contributed by atoms with van der Waals surface area (Å²) in [5.74, 6) is 0.370. The molecule has 1 amide bonds. The van der Waals surface area contributed by atoms with Crippen LogP contribution in [0.3, 0.4) is 0 Å². The number of carbonyl (C=O) groups is 1. The number of carbonyl (C=O) groups excluding carboxylic acids is 1. The first-order valence-corrected chi connectivity index (χ1v) is 15.4. The lowest BCUT2D eigenvalue weighted by atomic mass is 9.95. The Labute approximate surface area is 228 Å². The normalized spacial score (nSPS) is 14.8. The van der Waals surface area contributed by atoms with Crippen molar-refractivity contribution in [2.75, 3.05) is 11.4 Å². The molecule has 7 nitrogen and oxygen atoms in total. The highest BCUT2D eigenvalue weighted by Crippen LogP contribution is 2.34. The van der Waals surface area contributed by atoms with Crippen LogP contribution in [0.25, 0.3) is 10.2 Å². The van der Waals surface area contributed by atoms with Crippen molar-refractivity contribution in [3.8, 4) is 0 Å². The molecule has 1 aliphatic rings. The summed E-state index contributed by atoms with van der Waals surface area (Å²) in [6, 6.07) is 14.0. The average Bonchev–Trinajstić information content (AvgIpc) is 3.60. The summed E-state index contributed by atoms with van der Waals surface area (Å²) in [6.07, 6.45) is 6.64. The van der Waals surface area contributed by atoms with Gasteiger partial charge in [-0.2, -0.15) is 4.31 Å². The van der Waals surface area contributed by atoms with Crippen molar-refractivity contribution in [2.45, 2.75) is 70.4 Å². The van der Waals surface area contributed by atoms with E-state index in [0.717, 1.165) is 53.4 Å². The maximum absolute atomic E-state index is 13.8. The summed E-state index contributed by atoms with van der Waals surface area (Å²) < 4.78 is 35.1. The number of thiazole rings is 1. The third kappa shape index (κ3) is 5.15. The first kappa shape index (κ1) is 26.6. The number of benzene rings is 2. The van der Waals surface area contributed by atoms with Crippen LogP contribution in [0.4, 0.5) is 5.13 Å².